The van der Waals surface area contributed by atoms with Crippen LogP contribution < -0.4 is 5.73 Å². The van der Waals surface area contributed by atoms with E-state index >= 15 is 0 Å². The molecule has 1 aromatic rings. The van der Waals surface area contributed by atoms with Gasteiger partial charge in [-0.05, 0) is 23.6 Å². The van der Waals surface area contributed by atoms with Crippen molar-refractivity contribution in [1.29, 1.82) is 0 Å². The third kappa shape index (κ3) is 2.54. The lowest BCUT2D eigenvalue weighted by Gasteiger charge is -2.22. The Hall–Kier alpha value is -1.07. The van der Waals surface area contributed by atoms with E-state index in [1.165, 1.54) is 0 Å². The second kappa shape index (κ2) is 4.84. The summed E-state index contributed by atoms with van der Waals surface area (Å²) in [5.41, 5.74) is 5.58. The normalized spacial score (nSPS) is 15.2. The van der Waals surface area contributed by atoms with E-state index in [0.717, 1.165) is 12.1 Å². The van der Waals surface area contributed by atoms with E-state index < -0.39 is 29.6 Å². The molecule has 0 aliphatic carbocycles. The molecule has 0 radical (unpaired) electrons. The highest BCUT2D eigenvalue weighted by Crippen LogP contribution is 2.23. The fraction of sp³-hybridized carbons (Fsp3) is 0.455. The highest BCUT2D eigenvalue weighted by Gasteiger charge is 2.22. The Kier molecular flexibility index (Phi) is 3.93. The van der Waals surface area contributed by atoms with E-state index in [2.05, 4.69) is 0 Å². The molecule has 0 heterocycles. The third-order valence-electron chi connectivity index (χ3n) is 2.48. The number of hydrogen-bond acceptors (Lipinski definition) is 2. The van der Waals surface area contributed by atoms with Crippen molar-refractivity contribution < 1.29 is 18.3 Å². The first-order chi connectivity index (χ1) is 7.34. The van der Waals surface area contributed by atoms with Crippen molar-refractivity contribution in [2.45, 2.75) is 26.0 Å². The molecule has 0 amide bonds. The van der Waals surface area contributed by atoms with Crippen LogP contribution in [-0.2, 0) is 0 Å². The molecule has 1 rings (SSSR count). The van der Waals surface area contributed by atoms with Gasteiger partial charge in [0.05, 0.1) is 6.10 Å². The van der Waals surface area contributed by atoms with Crippen LogP contribution in [-0.4, -0.2) is 11.1 Å². The lowest BCUT2D eigenvalue weighted by Crippen LogP contribution is -2.33. The largest absolute Gasteiger partial charge is 0.387 e. The van der Waals surface area contributed by atoms with Gasteiger partial charge in [-0.25, -0.2) is 13.2 Å². The average molecular weight is 233 g/mol. The molecule has 0 fully saturated rings. The molecule has 2 atom stereocenters. The van der Waals surface area contributed by atoms with E-state index in [4.69, 9.17) is 5.73 Å². The summed E-state index contributed by atoms with van der Waals surface area (Å²) >= 11 is 0. The van der Waals surface area contributed by atoms with Crippen LogP contribution in [0.3, 0.4) is 0 Å². The van der Waals surface area contributed by atoms with Crippen LogP contribution in [0.2, 0.25) is 0 Å². The molecule has 2 unspecified atom stereocenters. The van der Waals surface area contributed by atoms with Crippen molar-refractivity contribution in [1.82, 2.24) is 0 Å². The van der Waals surface area contributed by atoms with Gasteiger partial charge in [-0.15, -0.1) is 0 Å². The summed E-state index contributed by atoms with van der Waals surface area (Å²) in [6.45, 7) is 3.54. The Labute approximate surface area is 91.9 Å². The first-order valence-electron chi connectivity index (χ1n) is 4.92. The van der Waals surface area contributed by atoms with E-state index in [0.29, 0.717) is 0 Å². The van der Waals surface area contributed by atoms with E-state index in [1.807, 2.05) is 0 Å². The Bertz CT molecular complexity index is 358. The average Bonchev–Trinajstić information content (AvgIpc) is 2.22. The van der Waals surface area contributed by atoms with Gasteiger partial charge in [-0.2, -0.15) is 0 Å². The van der Waals surface area contributed by atoms with Crippen molar-refractivity contribution in [2.24, 2.45) is 11.7 Å². The van der Waals surface area contributed by atoms with E-state index in [1.54, 1.807) is 13.8 Å². The van der Waals surface area contributed by atoms with Crippen LogP contribution in [0.4, 0.5) is 13.2 Å². The second-order valence-corrected chi connectivity index (χ2v) is 4.06. The molecule has 1 aromatic carbocycles. The van der Waals surface area contributed by atoms with Crippen LogP contribution >= 0.6 is 0 Å². The highest BCUT2D eigenvalue weighted by atomic mass is 19.2. The summed E-state index contributed by atoms with van der Waals surface area (Å²) in [5.74, 6) is -4.27. The number of aliphatic hydroxyl groups is 1. The minimum Gasteiger partial charge on any atom is -0.387 e. The zero-order valence-electron chi connectivity index (χ0n) is 9.05. The lowest BCUT2D eigenvalue weighted by molar-refractivity contribution is 0.125. The fourth-order valence-corrected chi connectivity index (χ4v) is 1.33. The van der Waals surface area contributed by atoms with Crippen LogP contribution in [0.1, 0.15) is 25.5 Å². The summed E-state index contributed by atoms with van der Waals surface area (Å²) in [6, 6.07) is 0.848. The Balaban J connectivity index is 3.05. The Morgan fingerprint density at radius 3 is 1.94 bits per heavy atom. The first kappa shape index (κ1) is 13.0. The van der Waals surface area contributed by atoms with E-state index in [9.17, 15) is 18.3 Å². The molecule has 0 aliphatic heterocycles. The van der Waals surface area contributed by atoms with Crippen molar-refractivity contribution in [3.8, 4) is 0 Å². The minimum atomic E-state index is -1.55. The molecule has 0 aromatic heterocycles. The van der Waals surface area contributed by atoms with Gasteiger partial charge in [0, 0.05) is 6.04 Å². The molecule has 0 saturated carbocycles. The van der Waals surface area contributed by atoms with Gasteiger partial charge in [-0.3, -0.25) is 0 Å². The monoisotopic (exact) mass is 233 g/mol. The molecule has 0 saturated heterocycles. The quantitative estimate of drug-likeness (QED) is 0.785. The third-order valence-corrected chi connectivity index (χ3v) is 2.48. The van der Waals surface area contributed by atoms with Gasteiger partial charge < -0.3 is 10.8 Å². The smallest absolute Gasteiger partial charge is 0.194 e. The van der Waals surface area contributed by atoms with Crippen molar-refractivity contribution in [3.05, 3.63) is 35.1 Å². The maximum Gasteiger partial charge on any atom is 0.194 e. The van der Waals surface area contributed by atoms with Gasteiger partial charge in [-0.1, -0.05) is 13.8 Å². The van der Waals surface area contributed by atoms with Gasteiger partial charge in [0.2, 0.25) is 0 Å². The molecular formula is C11H14F3NO. The zero-order chi connectivity index (χ0) is 12.5. The topological polar surface area (TPSA) is 46.2 Å². The molecule has 0 bridgehead atoms. The predicted octanol–water partition coefficient (Wildman–Crippen LogP) is 2.12. The standard InChI is InChI=1S/C11H14F3NO/c1-5(2)10(15)11(16)6-3-7(12)9(14)8(13)4-6/h3-5,10-11,16H,15H2,1-2H3. The molecule has 5 heteroatoms. The fourth-order valence-electron chi connectivity index (χ4n) is 1.33. The lowest BCUT2D eigenvalue weighted by atomic mass is 9.94. The Morgan fingerprint density at radius 1 is 1.12 bits per heavy atom. The molecule has 3 N–H and O–H groups in total. The first-order valence-corrected chi connectivity index (χ1v) is 4.92. The number of rotatable bonds is 3. The summed E-state index contributed by atoms with van der Waals surface area (Å²) < 4.78 is 38.5. The Morgan fingerprint density at radius 2 is 1.56 bits per heavy atom. The van der Waals surface area contributed by atoms with Crippen molar-refractivity contribution >= 4 is 0 Å². The second-order valence-electron chi connectivity index (χ2n) is 4.06. The van der Waals surface area contributed by atoms with Crippen LogP contribution in [0.5, 0.6) is 0 Å². The van der Waals surface area contributed by atoms with Gasteiger partial charge >= 0.3 is 0 Å². The molecule has 2 nitrogen and oxygen atoms in total. The summed E-state index contributed by atoms with van der Waals surface area (Å²) in [4.78, 5) is 0. The zero-order valence-corrected chi connectivity index (χ0v) is 9.05. The summed E-state index contributed by atoms with van der Waals surface area (Å²) in [6.07, 6.45) is -1.22. The highest BCUT2D eigenvalue weighted by molar-refractivity contribution is 5.22. The number of benzene rings is 1. The summed E-state index contributed by atoms with van der Waals surface area (Å²) in [7, 11) is 0. The molecule has 90 valence electrons. The predicted molar refractivity (Wildman–Crippen MR) is 54.1 cm³/mol. The van der Waals surface area contributed by atoms with Crippen LogP contribution in [0, 0.1) is 23.4 Å². The van der Waals surface area contributed by atoms with Gasteiger partial charge in [0.1, 0.15) is 0 Å². The van der Waals surface area contributed by atoms with Gasteiger partial charge in [0.15, 0.2) is 17.5 Å². The maximum absolute atomic E-state index is 12.9. The van der Waals surface area contributed by atoms with Crippen molar-refractivity contribution in [3.63, 3.8) is 0 Å². The molecule has 0 spiro atoms. The van der Waals surface area contributed by atoms with Crippen LogP contribution in [0.25, 0.3) is 0 Å². The number of aliphatic hydroxyl groups excluding tert-OH is 1. The van der Waals surface area contributed by atoms with Gasteiger partial charge in [0.25, 0.3) is 0 Å². The number of halogens is 3. The number of hydrogen-bond donors (Lipinski definition) is 2. The minimum absolute atomic E-state index is 0.0578. The SMILES string of the molecule is CC(C)C(N)C(O)c1cc(F)c(F)c(F)c1. The molecular weight excluding hydrogens is 219 g/mol. The molecule has 16 heavy (non-hydrogen) atoms. The summed E-state index contributed by atoms with van der Waals surface area (Å²) in [5, 5.41) is 9.72. The molecule has 0 aliphatic rings. The number of nitrogens with two attached hydrogens (primary N) is 1. The van der Waals surface area contributed by atoms with Crippen molar-refractivity contribution in [2.75, 3.05) is 0 Å². The van der Waals surface area contributed by atoms with Crippen LogP contribution in [0.15, 0.2) is 12.1 Å². The van der Waals surface area contributed by atoms with E-state index in [-0.39, 0.29) is 11.5 Å². The maximum atomic E-state index is 12.9.